The fourth-order valence-corrected chi connectivity index (χ4v) is 4.54. The molecule has 0 amide bonds. The van der Waals surface area contributed by atoms with Crippen molar-refractivity contribution in [3.8, 4) is 11.5 Å². The molecule has 1 aliphatic heterocycles. The maximum Gasteiger partial charge on any atom is 0.331 e. The molecule has 0 bridgehead atoms. The van der Waals surface area contributed by atoms with E-state index in [1.807, 2.05) is 0 Å². The Labute approximate surface area is 205 Å². The zero-order chi connectivity index (χ0) is 24.8. The van der Waals surface area contributed by atoms with Crippen LogP contribution in [0.25, 0.3) is 6.08 Å². The molecule has 1 fully saturated rings. The number of Topliss-reactive ketones (excluding diaryl/α,β-unsaturated/α-hetero) is 1. The van der Waals surface area contributed by atoms with Gasteiger partial charge in [-0.3, -0.25) is 0 Å². The monoisotopic (exact) mass is 473 g/mol. The molecule has 1 saturated heterocycles. The number of methoxy groups -OCH3 is 1. The second-order valence-corrected chi connectivity index (χ2v) is 9.54. The fourth-order valence-electron chi connectivity index (χ4n) is 4.54. The zero-order valence-corrected chi connectivity index (χ0v) is 21.2. The van der Waals surface area contributed by atoms with Crippen LogP contribution in [0, 0.1) is 0 Å². The highest BCUT2D eigenvalue weighted by Crippen LogP contribution is 2.27. The van der Waals surface area contributed by atoms with Gasteiger partial charge in [0.05, 0.1) is 7.11 Å². The molecular formula is C28H43NO5. The molecule has 34 heavy (non-hydrogen) atoms. The average molecular weight is 474 g/mol. The van der Waals surface area contributed by atoms with E-state index in [9.17, 15) is 14.7 Å². The molecule has 2 rings (SSSR count). The molecule has 3 atom stereocenters. The van der Waals surface area contributed by atoms with Crippen LogP contribution in [0.2, 0.25) is 0 Å². The van der Waals surface area contributed by atoms with E-state index in [2.05, 4.69) is 12.2 Å². The maximum atomic E-state index is 12.3. The Balaban J connectivity index is 1.58. The predicted octanol–water partition coefficient (Wildman–Crippen LogP) is 5.96. The lowest BCUT2D eigenvalue weighted by molar-refractivity contribution is -0.145. The topological polar surface area (TPSA) is 84.9 Å². The van der Waals surface area contributed by atoms with Crippen molar-refractivity contribution < 1.29 is 24.2 Å². The Morgan fingerprint density at radius 2 is 1.74 bits per heavy atom. The van der Waals surface area contributed by atoms with Gasteiger partial charge in [0.2, 0.25) is 0 Å². The number of hydrogen-bond donors (Lipinski definition) is 2. The van der Waals surface area contributed by atoms with Crippen molar-refractivity contribution >= 4 is 17.8 Å². The lowest BCUT2D eigenvalue weighted by Crippen LogP contribution is -2.50. The summed E-state index contributed by atoms with van der Waals surface area (Å²) in [5.41, 5.74) is 0.759. The van der Waals surface area contributed by atoms with E-state index in [0.29, 0.717) is 17.6 Å². The first kappa shape index (κ1) is 27.9. The minimum absolute atomic E-state index is 0.0661. The molecule has 1 aromatic rings. The van der Waals surface area contributed by atoms with Crippen LogP contribution < -0.4 is 10.1 Å². The van der Waals surface area contributed by atoms with Gasteiger partial charge in [-0.05, 0) is 63.3 Å². The Morgan fingerprint density at radius 3 is 2.38 bits per heavy atom. The normalized spacial score (nSPS) is 20.4. The number of unbranched alkanes of at least 4 members (excludes halogenated alkanes) is 7. The number of benzene rings is 1. The lowest BCUT2D eigenvalue weighted by atomic mass is 9.93. The number of phenols is 1. The van der Waals surface area contributed by atoms with Gasteiger partial charge in [0.25, 0.3) is 0 Å². The van der Waals surface area contributed by atoms with Crippen LogP contribution in [0.5, 0.6) is 11.5 Å². The summed E-state index contributed by atoms with van der Waals surface area (Å²) in [5.74, 6) is 0.383. The number of hydrogen-bond acceptors (Lipinski definition) is 6. The predicted molar refractivity (Wildman–Crippen MR) is 136 cm³/mol. The van der Waals surface area contributed by atoms with Gasteiger partial charge in [-0.15, -0.1) is 0 Å². The Hall–Kier alpha value is -2.34. The smallest absolute Gasteiger partial charge is 0.331 e. The summed E-state index contributed by atoms with van der Waals surface area (Å²) in [7, 11) is 1.49. The number of ether oxygens (including phenoxy) is 2. The van der Waals surface area contributed by atoms with Crippen LogP contribution in [-0.4, -0.2) is 42.2 Å². The molecule has 1 heterocycles. The Bertz CT molecular complexity index is 791. The van der Waals surface area contributed by atoms with Crippen molar-refractivity contribution in [2.45, 2.75) is 109 Å². The summed E-state index contributed by atoms with van der Waals surface area (Å²) >= 11 is 0. The third-order valence-corrected chi connectivity index (χ3v) is 6.57. The van der Waals surface area contributed by atoms with Gasteiger partial charge >= 0.3 is 5.97 Å². The molecule has 6 heteroatoms. The van der Waals surface area contributed by atoms with Crippen molar-refractivity contribution in [2.24, 2.45) is 0 Å². The van der Waals surface area contributed by atoms with Gasteiger partial charge in [0.15, 0.2) is 11.5 Å². The number of piperidine rings is 1. The summed E-state index contributed by atoms with van der Waals surface area (Å²) in [5, 5.41) is 13.3. The molecule has 2 N–H and O–H groups in total. The third-order valence-electron chi connectivity index (χ3n) is 6.57. The van der Waals surface area contributed by atoms with Gasteiger partial charge in [-0.25, -0.2) is 4.79 Å². The number of esters is 1. The molecule has 0 radical (unpaired) electrons. The minimum Gasteiger partial charge on any atom is -0.504 e. The number of aromatic hydroxyl groups is 1. The first-order valence-corrected chi connectivity index (χ1v) is 12.9. The van der Waals surface area contributed by atoms with Gasteiger partial charge in [0.1, 0.15) is 11.9 Å². The summed E-state index contributed by atoms with van der Waals surface area (Å²) in [6.45, 7) is 3.76. The average Bonchev–Trinajstić information content (AvgIpc) is 2.81. The number of carbonyl (C=O) groups is 2. The van der Waals surface area contributed by atoms with Crippen LogP contribution in [0.1, 0.15) is 96.5 Å². The summed E-state index contributed by atoms with van der Waals surface area (Å²) < 4.78 is 10.8. The van der Waals surface area contributed by atoms with Crippen molar-refractivity contribution in [3.63, 3.8) is 0 Å². The first-order valence-electron chi connectivity index (χ1n) is 12.9. The first-order chi connectivity index (χ1) is 16.4. The van der Waals surface area contributed by atoms with E-state index in [1.165, 1.54) is 70.6 Å². The molecule has 0 saturated carbocycles. The van der Waals surface area contributed by atoms with Gasteiger partial charge in [-0.1, -0.05) is 51.0 Å². The van der Waals surface area contributed by atoms with Crippen LogP contribution in [0.4, 0.5) is 0 Å². The summed E-state index contributed by atoms with van der Waals surface area (Å²) in [4.78, 5) is 23.2. The molecule has 1 aliphatic rings. The van der Waals surface area contributed by atoms with E-state index in [4.69, 9.17) is 9.47 Å². The molecule has 6 nitrogen and oxygen atoms in total. The second kappa shape index (κ2) is 15.5. The number of ketones is 1. The molecule has 1 aromatic carbocycles. The van der Waals surface area contributed by atoms with Crippen LogP contribution >= 0.6 is 0 Å². The van der Waals surface area contributed by atoms with Crippen LogP contribution in [-0.2, 0) is 14.3 Å². The quantitative estimate of drug-likeness (QED) is 0.186. The van der Waals surface area contributed by atoms with E-state index < -0.39 is 0 Å². The molecule has 0 unspecified atom stereocenters. The van der Waals surface area contributed by atoms with Crippen molar-refractivity contribution in [3.05, 3.63) is 29.8 Å². The van der Waals surface area contributed by atoms with Crippen LogP contribution in [0.3, 0.4) is 0 Å². The third kappa shape index (κ3) is 10.7. The zero-order valence-electron chi connectivity index (χ0n) is 21.2. The van der Waals surface area contributed by atoms with E-state index >= 15 is 0 Å². The molecule has 190 valence electrons. The number of phenolic OH excluding ortho intramolecular Hbond substituents is 1. The van der Waals surface area contributed by atoms with Crippen molar-refractivity contribution in [2.75, 3.05) is 7.11 Å². The second-order valence-electron chi connectivity index (χ2n) is 9.54. The van der Waals surface area contributed by atoms with Gasteiger partial charge in [-0.2, -0.15) is 0 Å². The maximum absolute atomic E-state index is 12.3. The SMILES string of the molecule is COc1cc(/C=C/C(=O)O[C@@H]2CC[C@H](CCCCCCCCCCC(C)=O)N[C@H]2C)ccc1O. The molecular weight excluding hydrogens is 430 g/mol. The largest absolute Gasteiger partial charge is 0.504 e. The van der Waals surface area contributed by atoms with Crippen molar-refractivity contribution in [1.82, 2.24) is 5.32 Å². The van der Waals surface area contributed by atoms with E-state index in [0.717, 1.165) is 31.2 Å². The lowest BCUT2D eigenvalue weighted by Gasteiger charge is -2.35. The summed E-state index contributed by atoms with van der Waals surface area (Å²) in [6, 6.07) is 5.56. The number of rotatable bonds is 15. The van der Waals surface area contributed by atoms with E-state index in [-0.39, 0.29) is 23.9 Å². The fraction of sp³-hybridized carbons (Fsp3) is 0.643. The highest BCUT2D eigenvalue weighted by atomic mass is 16.5. The molecule has 0 aliphatic carbocycles. The number of carbonyl (C=O) groups excluding carboxylic acids is 2. The van der Waals surface area contributed by atoms with E-state index in [1.54, 1.807) is 25.1 Å². The molecule has 0 aromatic heterocycles. The van der Waals surface area contributed by atoms with Gasteiger partial charge in [0, 0.05) is 24.6 Å². The Morgan fingerprint density at radius 1 is 1.06 bits per heavy atom. The minimum atomic E-state index is -0.356. The molecule has 0 spiro atoms. The van der Waals surface area contributed by atoms with Crippen LogP contribution in [0.15, 0.2) is 24.3 Å². The number of nitrogens with one attached hydrogen (secondary N) is 1. The van der Waals surface area contributed by atoms with Crippen molar-refractivity contribution in [1.29, 1.82) is 0 Å². The highest BCUT2D eigenvalue weighted by molar-refractivity contribution is 5.87. The van der Waals surface area contributed by atoms with Gasteiger partial charge < -0.3 is 24.7 Å². The highest BCUT2D eigenvalue weighted by Gasteiger charge is 2.28. The Kier molecular flexibility index (Phi) is 12.8. The summed E-state index contributed by atoms with van der Waals surface area (Å²) in [6.07, 6.45) is 16.6. The standard InChI is InChI=1S/C28H43NO5/c1-21(30)12-10-8-6-4-5-7-9-11-13-24-16-18-26(22(2)29-24)34-28(32)19-15-23-14-17-25(31)27(20-23)33-3/h14-15,17,19-20,22,24,26,29,31H,4-13,16,18H2,1-3H3/b19-15+/t22-,24-,26+/m0/s1.